The third-order valence-corrected chi connectivity index (χ3v) is 8.80. The third-order valence-electron chi connectivity index (χ3n) is 7.11. The van der Waals surface area contributed by atoms with E-state index in [2.05, 4.69) is 10.3 Å². The molecule has 1 saturated carbocycles. The fourth-order valence-electron chi connectivity index (χ4n) is 5.24. The van der Waals surface area contributed by atoms with Crippen molar-refractivity contribution >= 4 is 32.6 Å². The summed E-state index contributed by atoms with van der Waals surface area (Å²) >= 11 is 0. The molecule has 0 saturated heterocycles. The Labute approximate surface area is 219 Å². The standard InChI is InChI=1S/C29H36N2O5S/c1-2-11-25(27(32)29-31-24-16-9-10-17-26(24)36-29)30-28(33)23(18-21-12-5-3-6-13-21)20-37(34,35)19-22-14-7-4-8-15-22/h4,7-10,14-17,21,23,25H,2-3,5-6,11-13,18-20H2,1H3,(H,30,33)/t23-,25-/m0/s1. The third kappa shape index (κ3) is 7.51. The van der Waals surface area contributed by atoms with E-state index in [9.17, 15) is 18.0 Å². The number of carbonyl (C=O) groups is 2. The quantitative estimate of drug-likeness (QED) is 0.314. The lowest BCUT2D eigenvalue weighted by Gasteiger charge is -2.27. The topological polar surface area (TPSA) is 106 Å². The molecule has 1 N–H and O–H groups in total. The van der Waals surface area contributed by atoms with Crippen molar-refractivity contribution in [3.63, 3.8) is 0 Å². The number of hydrogen-bond acceptors (Lipinski definition) is 6. The highest BCUT2D eigenvalue weighted by Gasteiger charge is 2.33. The summed E-state index contributed by atoms with van der Waals surface area (Å²) < 4.78 is 32.0. The van der Waals surface area contributed by atoms with Gasteiger partial charge in [-0.1, -0.05) is 87.9 Å². The average Bonchev–Trinajstić information content (AvgIpc) is 3.33. The Bertz CT molecular complexity index is 1260. The number of benzene rings is 2. The number of oxazole rings is 1. The first kappa shape index (κ1) is 27.0. The fraction of sp³-hybridized carbons (Fsp3) is 0.483. The second-order valence-electron chi connectivity index (χ2n) is 10.2. The Hall–Kier alpha value is -3.00. The number of ketones is 1. The molecule has 0 bridgehead atoms. The highest BCUT2D eigenvalue weighted by molar-refractivity contribution is 7.90. The molecule has 1 aromatic heterocycles. The summed E-state index contributed by atoms with van der Waals surface area (Å²) in [6.45, 7) is 1.93. The molecule has 198 valence electrons. The predicted molar refractivity (Wildman–Crippen MR) is 144 cm³/mol. The molecule has 37 heavy (non-hydrogen) atoms. The number of nitrogens with one attached hydrogen (secondary N) is 1. The van der Waals surface area contributed by atoms with Crippen LogP contribution in [-0.2, 0) is 20.4 Å². The van der Waals surface area contributed by atoms with Crippen LogP contribution in [0.4, 0.5) is 0 Å². The minimum atomic E-state index is -3.54. The summed E-state index contributed by atoms with van der Waals surface area (Å²) in [5, 5.41) is 2.88. The SMILES string of the molecule is CCC[C@H](NC(=O)[C@@H](CC1CCCCC1)CS(=O)(=O)Cc1ccccc1)C(=O)c1nc2ccccc2o1. The number of hydrogen-bond donors (Lipinski definition) is 1. The van der Waals surface area contributed by atoms with Crippen molar-refractivity contribution < 1.29 is 22.4 Å². The van der Waals surface area contributed by atoms with Gasteiger partial charge in [-0.05, 0) is 36.5 Å². The van der Waals surface area contributed by atoms with Gasteiger partial charge in [0.25, 0.3) is 5.89 Å². The molecule has 0 spiro atoms. The van der Waals surface area contributed by atoms with Crippen LogP contribution in [-0.4, -0.2) is 36.9 Å². The largest absolute Gasteiger partial charge is 0.434 e. The maximum absolute atomic E-state index is 13.6. The highest BCUT2D eigenvalue weighted by Crippen LogP contribution is 2.30. The maximum atomic E-state index is 13.6. The molecule has 3 aromatic rings. The van der Waals surface area contributed by atoms with Gasteiger partial charge < -0.3 is 9.73 Å². The van der Waals surface area contributed by atoms with Gasteiger partial charge in [-0.3, -0.25) is 9.59 Å². The fourth-order valence-corrected chi connectivity index (χ4v) is 6.96. The second kappa shape index (κ2) is 12.5. The van der Waals surface area contributed by atoms with E-state index in [0.29, 0.717) is 41.8 Å². The molecule has 1 aliphatic carbocycles. The number of nitrogens with zero attached hydrogens (tertiary/aromatic N) is 1. The number of rotatable bonds is 12. The van der Waals surface area contributed by atoms with Gasteiger partial charge in [-0.15, -0.1) is 0 Å². The molecule has 4 rings (SSSR count). The summed E-state index contributed by atoms with van der Waals surface area (Å²) in [7, 11) is -3.54. The molecule has 0 radical (unpaired) electrons. The van der Waals surface area contributed by atoms with Crippen molar-refractivity contribution in [2.45, 2.75) is 70.1 Å². The van der Waals surface area contributed by atoms with E-state index in [0.717, 1.165) is 25.7 Å². The number of sulfone groups is 1. The Morgan fingerprint density at radius 3 is 2.43 bits per heavy atom. The first-order valence-electron chi connectivity index (χ1n) is 13.3. The molecule has 8 heteroatoms. The Balaban J connectivity index is 1.51. The van der Waals surface area contributed by atoms with Gasteiger partial charge in [0.1, 0.15) is 5.52 Å². The van der Waals surface area contributed by atoms with Crippen molar-refractivity contribution in [3.05, 3.63) is 66.1 Å². The van der Waals surface area contributed by atoms with Gasteiger partial charge in [0.2, 0.25) is 11.7 Å². The van der Waals surface area contributed by atoms with Gasteiger partial charge in [0, 0.05) is 0 Å². The summed E-state index contributed by atoms with van der Waals surface area (Å²) in [5.41, 5.74) is 1.79. The minimum absolute atomic E-state index is 0.0412. The zero-order chi connectivity index (χ0) is 26.3. The molecule has 1 aliphatic rings. The Morgan fingerprint density at radius 1 is 1.03 bits per heavy atom. The first-order chi connectivity index (χ1) is 17.8. The summed E-state index contributed by atoms with van der Waals surface area (Å²) in [6, 6.07) is 15.3. The normalized spacial score (nSPS) is 16.4. The van der Waals surface area contributed by atoms with Crippen LogP contribution in [0.25, 0.3) is 11.1 Å². The van der Waals surface area contributed by atoms with Crippen LogP contribution < -0.4 is 5.32 Å². The molecule has 7 nitrogen and oxygen atoms in total. The summed E-state index contributed by atoms with van der Waals surface area (Å²) in [6.07, 6.45) is 6.97. The molecule has 1 fully saturated rings. The predicted octanol–water partition coefficient (Wildman–Crippen LogP) is 5.50. The van der Waals surface area contributed by atoms with Crippen LogP contribution >= 0.6 is 0 Å². The lowest BCUT2D eigenvalue weighted by molar-refractivity contribution is -0.125. The van der Waals surface area contributed by atoms with Crippen molar-refractivity contribution in [2.24, 2.45) is 11.8 Å². The van der Waals surface area contributed by atoms with Gasteiger partial charge in [-0.2, -0.15) is 0 Å². The molecule has 0 unspecified atom stereocenters. The van der Waals surface area contributed by atoms with E-state index in [4.69, 9.17) is 4.42 Å². The van der Waals surface area contributed by atoms with E-state index in [1.54, 1.807) is 30.3 Å². The maximum Gasteiger partial charge on any atom is 0.266 e. The van der Waals surface area contributed by atoms with E-state index in [-0.39, 0.29) is 23.3 Å². The zero-order valence-electron chi connectivity index (χ0n) is 21.4. The molecule has 2 aromatic carbocycles. The van der Waals surface area contributed by atoms with Gasteiger partial charge >= 0.3 is 0 Å². The highest BCUT2D eigenvalue weighted by atomic mass is 32.2. The summed E-state index contributed by atoms with van der Waals surface area (Å²) in [4.78, 5) is 31.2. The first-order valence-corrected chi connectivity index (χ1v) is 15.1. The van der Waals surface area contributed by atoms with Crippen molar-refractivity contribution in [1.29, 1.82) is 0 Å². The number of para-hydroxylation sites is 2. The number of Topliss-reactive ketones (excluding diaryl/α,β-unsaturated/α-hetero) is 1. The number of aromatic nitrogens is 1. The van der Waals surface area contributed by atoms with Crippen LogP contribution in [0, 0.1) is 11.8 Å². The zero-order valence-corrected chi connectivity index (χ0v) is 22.2. The lowest BCUT2D eigenvalue weighted by atomic mass is 9.83. The molecular weight excluding hydrogens is 488 g/mol. The number of amides is 1. The average molecular weight is 525 g/mol. The van der Waals surface area contributed by atoms with Crippen molar-refractivity contribution in [1.82, 2.24) is 10.3 Å². The molecule has 2 atom stereocenters. The monoisotopic (exact) mass is 524 g/mol. The van der Waals surface area contributed by atoms with Crippen LogP contribution in [0.5, 0.6) is 0 Å². The van der Waals surface area contributed by atoms with Gasteiger partial charge in [0.15, 0.2) is 15.4 Å². The molecule has 1 heterocycles. The van der Waals surface area contributed by atoms with Crippen LogP contribution in [0.15, 0.2) is 59.0 Å². The van der Waals surface area contributed by atoms with Crippen molar-refractivity contribution in [3.8, 4) is 0 Å². The van der Waals surface area contributed by atoms with Crippen LogP contribution in [0.3, 0.4) is 0 Å². The van der Waals surface area contributed by atoms with E-state index in [1.807, 2.05) is 31.2 Å². The summed E-state index contributed by atoms with van der Waals surface area (Å²) in [5.74, 6) is -1.56. The smallest absolute Gasteiger partial charge is 0.266 e. The molecule has 1 amide bonds. The van der Waals surface area contributed by atoms with E-state index in [1.165, 1.54) is 6.42 Å². The number of fused-ring (bicyclic) bond motifs is 1. The Morgan fingerprint density at radius 2 is 1.73 bits per heavy atom. The second-order valence-corrected chi connectivity index (χ2v) is 12.3. The van der Waals surface area contributed by atoms with E-state index >= 15 is 0 Å². The van der Waals surface area contributed by atoms with Gasteiger partial charge in [-0.25, -0.2) is 13.4 Å². The lowest BCUT2D eigenvalue weighted by Crippen LogP contribution is -2.45. The van der Waals surface area contributed by atoms with Gasteiger partial charge in [0.05, 0.1) is 23.5 Å². The molecular formula is C29H36N2O5S. The number of carbonyl (C=O) groups excluding carboxylic acids is 2. The van der Waals surface area contributed by atoms with Crippen molar-refractivity contribution in [2.75, 3.05) is 5.75 Å². The Kier molecular flexibility index (Phi) is 9.14. The molecule has 0 aliphatic heterocycles. The van der Waals surface area contributed by atoms with E-state index < -0.39 is 27.6 Å². The van der Waals surface area contributed by atoms with Crippen LogP contribution in [0.1, 0.15) is 74.5 Å². The minimum Gasteiger partial charge on any atom is -0.434 e. The van der Waals surface area contributed by atoms with Crippen LogP contribution in [0.2, 0.25) is 0 Å².